The van der Waals surface area contributed by atoms with Gasteiger partial charge in [0.2, 0.25) is 0 Å². The number of nitriles is 1. The Morgan fingerprint density at radius 1 is 1.30 bits per heavy atom. The second kappa shape index (κ2) is 9.10. The summed E-state index contributed by atoms with van der Waals surface area (Å²) in [4.78, 5) is 24.3. The van der Waals surface area contributed by atoms with Gasteiger partial charge in [-0.15, -0.1) is 0 Å². The maximum atomic E-state index is 12.1. The van der Waals surface area contributed by atoms with Crippen LogP contribution in [0.3, 0.4) is 0 Å². The number of fused-ring (bicyclic) bond motifs is 1. The zero-order valence-electron chi connectivity index (χ0n) is 19.4. The van der Waals surface area contributed by atoms with E-state index < -0.39 is 6.09 Å². The van der Waals surface area contributed by atoms with Gasteiger partial charge in [0, 0.05) is 27.2 Å². The van der Waals surface area contributed by atoms with Crippen LogP contribution in [-0.4, -0.2) is 46.4 Å². The summed E-state index contributed by atoms with van der Waals surface area (Å²) in [6, 6.07) is 11.4. The maximum absolute atomic E-state index is 12.1. The Morgan fingerprint density at radius 3 is 2.79 bits per heavy atom. The fraction of sp³-hybridized carbons (Fsp3) is 0.440. The van der Waals surface area contributed by atoms with Crippen LogP contribution in [0.15, 0.2) is 42.9 Å². The van der Waals surface area contributed by atoms with E-state index in [1.165, 1.54) is 4.90 Å². The molecule has 3 aromatic rings. The average molecular weight is 447 g/mol. The summed E-state index contributed by atoms with van der Waals surface area (Å²) in [5, 5.41) is 19.1. The van der Waals surface area contributed by atoms with Crippen molar-refractivity contribution >= 4 is 28.6 Å². The largest absolute Gasteiger partial charge is 0.465 e. The molecule has 1 aliphatic rings. The Bertz CT molecular complexity index is 1180. The van der Waals surface area contributed by atoms with E-state index >= 15 is 0 Å². The van der Waals surface area contributed by atoms with E-state index in [1.807, 2.05) is 49.6 Å². The number of pyridine rings is 1. The number of nitrogens with zero attached hydrogens (tertiary/aromatic N) is 6. The lowest BCUT2D eigenvalue weighted by Gasteiger charge is -2.40. The van der Waals surface area contributed by atoms with Gasteiger partial charge < -0.3 is 14.6 Å². The molecule has 2 atom stereocenters. The predicted molar refractivity (Wildman–Crippen MR) is 128 cm³/mol. The average Bonchev–Trinajstić information content (AvgIpc) is 3.18. The number of hydrogen-bond donors (Lipinski definition) is 1. The van der Waals surface area contributed by atoms with E-state index in [9.17, 15) is 15.2 Å². The van der Waals surface area contributed by atoms with E-state index in [0.29, 0.717) is 17.8 Å². The van der Waals surface area contributed by atoms with Gasteiger partial charge in [-0.2, -0.15) is 5.26 Å². The number of anilines is 2. The highest BCUT2D eigenvalue weighted by molar-refractivity contribution is 5.86. The quantitative estimate of drug-likeness (QED) is 0.587. The smallest absolute Gasteiger partial charge is 0.411 e. The number of benzene rings is 1. The van der Waals surface area contributed by atoms with E-state index in [0.717, 1.165) is 49.1 Å². The summed E-state index contributed by atoms with van der Waals surface area (Å²) < 4.78 is 2.14. The Balaban J connectivity index is 1.50. The first kappa shape index (κ1) is 22.6. The van der Waals surface area contributed by atoms with E-state index in [2.05, 4.69) is 27.5 Å². The lowest BCUT2D eigenvalue weighted by atomic mass is 9.70. The van der Waals surface area contributed by atoms with Crippen molar-refractivity contribution < 1.29 is 9.90 Å². The number of amides is 1. The fourth-order valence-electron chi connectivity index (χ4n) is 5.04. The molecule has 1 aliphatic carbocycles. The molecule has 172 valence electrons. The minimum atomic E-state index is -0.952. The van der Waals surface area contributed by atoms with E-state index in [1.54, 1.807) is 12.3 Å². The minimum Gasteiger partial charge on any atom is -0.465 e. The second-order valence-corrected chi connectivity index (χ2v) is 9.62. The molecular weight excluding hydrogens is 416 g/mol. The van der Waals surface area contributed by atoms with Crippen LogP contribution in [0.25, 0.3) is 11.0 Å². The molecule has 33 heavy (non-hydrogen) atoms. The fourth-order valence-corrected chi connectivity index (χ4v) is 5.04. The zero-order chi connectivity index (χ0) is 23.6. The molecule has 2 heterocycles. The first-order chi connectivity index (χ1) is 15.8. The van der Waals surface area contributed by atoms with Gasteiger partial charge in [0.05, 0.1) is 40.9 Å². The highest BCUT2D eigenvalue weighted by Gasteiger charge is 2.34. The van der Waals surface area contributed by atoms with Crippen molar-refractivity contribution in [3.05, 3.63) is 48.4 Å². The number of imidazole rings is 1. The standard InChI is InChI=1S/C25H30N6O2/c1-25(16-30-17-28-21-8-6-18(13-26)11-22(21)30)10-4-5-19(12-25)15-31(24(32)33)20-7-9-23(27-14-20)29(2)3/h6-9,11,14,17,19H,4-5,10,12,15-16H2,1-3H3,(H,32,33)/t19?,25-/m0/s1. The lowest BCUT2D eigenvalue weighted by Crippen LogP contribution is -2.39. The molecule has 0 aliphatic heterocycles. The van der Waals surface area contributed by atoms with Gasteiger partial charge >= 0.3 is 6.09 Å². The van der Waals surface area contributed by atoms with Crippen LogP contribution >= 0.6 is 0 Å². The van der Waals surface area contributed by atoms with Gasteiger partial charge in [-0.1, -0.05) is 13.3 Å². The van der Waals surface area contributed by atoms with Crippen molar-refractivity contribution in [2.45, 2.75) is 39.2 Å². The van der Waals surface area contributed by atoms with Gasteiger partial charge in [0.25, 0.3) is 0 Å². The SMILES string of the molecule is CN(C)c1ccc(N(CC2CCC[C@](C)(Cn3cnc4ccc(C#N)cc43)C2)C(=O)O)cn1. The van der Waals surface area contributed by atoms with Crippen LogP contribution in [0.1, 0.15) is 38.2 Å². The minimum absolute atomic E-state index is 0.0242. The van der Waals surface area contributed by atoms with Crippen LogP contribution in [0.4, 0.5) is 16.3 Å². The van der Waals surface area contributed by atoms with Crippen LogP contribution in [0.5, 0.6) is 0 Å². The lowest BCUT2D eigenvalue weighted by molar-refractivity contribution is 0.136. The topological polar surface area (TPSA) is 98.3 Å². The van der Waals surface area contributed by atoms with E-state index in [-0.39, 0.29) is 11.3 Å². The van der Waals surface area contributed by atoms with Crippen LogP contribution in [0.2, 0.25) is 0 Å². The number of carboxylic acid groups (broad SMARTS) is 1. The highest BCUT2D eigenvalue weighted by Crippen LogP contribution is 2.41. The number of rotatable bonds is 6. The Morgan fingerprint density at radius 2 is 2.12 bits per heavy atom. The Kier molecular flexibility index (Phi) is 6.23. The zero-order valence-corrected chi connectivity index (χ0v) is 19.4. The second-order valence-electron chi connectivity index (χ2n) is 9.62. The van der Waals surface area contributed by atoms with Crippen LogP contribution < -0.4 is 9.80 Å². The molecule has 1 saturated carbocycles. The molecule has 8 nitrogen and oxygen atoms in total. The molecule has 1 unspecified atom stereocenters. The molecule has 0 spiro atoms. The molecule has 1 aromatic carbocycles. The third-order valence-corrected chi connectivity index (χ3v) is 6.65. The summed E-state index contributed by atoms with van der Waals surface area (Å²) >= 11 is 0. The number of aromatic nitrogens is 3. The van der Waals surface area contributed by atoms with Gasteiger partial charge in [-0.25, -0.2) is 14.8 Å². The van der Waals surface area contributed by atoms with Gasteiger partial charge in [-0.05, 0) is 60.9 Å². The molecule has 1 amide bonds. The van der Waals surface area contributed by atoms with Crippen LogP contribution in [-0.2, 0) is 6.54 Å². The highest BCUT2D eigenvalue weighted by atomic mass is 16.4. The molecule has 2 aromatic heterocycles. The monoisotopic (exact) mass is 446 g/mol. The van der Waals surface area contributed by atoms with E-state index in [4.69, 9.17) is 0 Å². The molecule has 0 saturated heterocycles. The van der Waals surface area contributed by atoms with Crippen molar-refractivity contribution in [3.63, 3.8) is 0 Å². The number of hydrogen-bond acceptors (Lipinski definition) is 5. The summed E-state index contributed by atoms with van der Waals surface area (Å²) in [6.45, 7) is 3.52. The maximum Gasteiger partial charge on any atom is 0.411 e. The molecule has 1 N–H and O–H groups in total. The number of carbonyl (C=O) groups is 1. The summed E-state index contributed by atoms with van der Waals surface area (Å²) in [5.74, 6) is 1.05. The summed E-state index contributed by atoms with van der Waals surface area (Å²) in [6.07, 6.45) is 6.60. The predicted octanol–water partition coefficient (Wildman–Crippen LogP) is 4.75. The van der Waals surface area contributed by atoms with Crippen molar-refractivity contribution in [2.24, 2.45) is 11.3 Å². The third-order valence-electron chi connectivity index (χ3n) is 6.65. The summed E-state index contributed by atoms with van der Waals surface area (Å²) in [7, 11) is 3.81. The van der Waals surface area contributed by atoms with Crippen LogP contribution in [0, 0.1) is 22.7 Å². The van der Waals surface area contributed by atoms with Crippen molar-refractivity contribution in [1.29, 1.82) is 5.26 Å². The first-order valence-electron chi connectivity index (χ1n) is 11.3. The van der Waals surface area contributed by atoms with Crippen molar-refractivity contribution in [2.75, 3.05) is 30.4 Å². The first-order valence-corrected chi connectivity index (χ1v) is 11.3. The van der Waals surface area contributed by atoms with Crippen molar-refractivity contribution in [1.82, 2.24) is 14.5 Å². The van der Waals surface area contributed by atoms with Gasteiger partial charge in [0.1, 0.15) is 5.82 Å². The summed E-state index contributed by atoms with van der Waals surface area (Å²) in [5.41, 5.74) is 3.11. The normalized spacial score (nSPS) is 20.4. The molecule has 0 bridgehead atoms. The van der Waals surface area contributed by atoms with Gasteiger partial charge in [0.15, 0.2) is 0 Å². The van der Waals surface area contributed by atoms with Gasteiger partial charge in [-0.3, -0.25) is 4.90 Å². The Labute approximate surface area is 194 Å². The molecule has 1 fully saturated rings. The molecule has 4 rings (SSSR count). The van der Waals surface area contributed by atoms with Crippen molar-refractivity contribution in [3.8, 4) is 6.07 Å². The third kappa shape index (κ3) is 4.92. The molecule has 0 radical (unpaired) electrons. The Hall–Kier alpha value is -3.60. The molecule has 8 heteroatoms. The molecular formula is C25H30N6O2.